The highest BCUT2D eigenvalue weighted by Gasteiger charge is 2.27. The second-order valence-corrected chi connectivity index (χ2v) is 14.0. The zero-order valence-corrected chi connectivity index (χ0v) is 28.5. The van der Waals surface area contributed by atoms with E-state index in [1.165, 1.54) is 77.5 Å². The molecule has 6 aromatic carbocycles. The van der Waals surface area contributed by atoms with Crippen molar-refractivity contribution in [3.63, 3.8) is 0 Å². The summed E-state index contributed by atoms with van der Waals surface area (Å²) in [5, 5.41) is 11.5. The summed E-state index contributed by atoms with van der Waals surface area (Å²) in [6.45, 7) is 2.32. The van der Waals surface area contributed by atoms with Crippen molar-refractivity contribution in [1.82, 2.24) is 19.8 Å². The number of hydrogen-bond donors (Lipinski definition) is 2. The van der Waals surface area contributed by atoms with Crippen molar-refractivity contribution in [2.24, 2.45) is 5.92 Å². The first kappa shape index (κ1) is 29.8. The van der Waals surface area contributed by atoms with Crippen LogP contribution in [0.25, 0.3) is 66.7 Å². The van der Waals surface area contributed by atoms with E-state index in [1.807, 2.05) is 0 Å². The van der Waals surface area contributed by atoms with Crippen molar-refractivity contribution in [2.75, 3.05) is 0 Å². The SMILES string of the molecule is CC1C=Cc2c(c3cc(-n4c5ccccc5c5ccccc54)ccc3n2C2NC=CC(c3cccc(-c4ccc(-c5ccccc5)cc4)c3)N2)C1. The number of aromatic nitrogens is 2. The van der Waals surface area contributed by atoms with Crippen LogP contribution in [0.4, 0.5) is 0 Å². The van der Waals surface area contributed by atoms with E-state index >= 15 is 0 Å². The van der Waals surface area contributed by atoms with Crippen molar-refractivity contribution in [2.45, 2.75) is 25.7 Å². The molecule has 0 saturated carbocycles. The Balaban J connectivity index is 1.02. The standard InChI is InChI=1S/C47H38N4/c1-31-18-24-45-40(28-31)41-30-37(50-43-16-7-5-14-38(43)39-15-6-8-17-44(39)50)23-25-46(41)51(45)47-48-27-26-42(49-47)36-13-9-12-35(29-36)34-21-19-33(20-22-34)32-10-3-2-4-11-32/h2-27,29-31,42,47-49H,28H2,1H3. The minimum atomic E-state index is -0.114. The molecule has 0 radical (unpaired) electrons. The number of hydrogen-bond acceptors (Lipinski definition) is 2. The van der Waals surface area contributed by atoms with Crippen LogP contribution in [0.15, 0.2) is 164 Å². The summed E-state index contributed by atoms with van der Waals surface area (Å²) in [5.41, 5.74) is 13.7. The van der Waals surface area contributed by atoms with E-state index < -0.39 is 0 Å². The van der Waals surface area contributed by atoms with Crippen LogP contribution in [-0.2, 0) is 6.42 Å². The first-order valence-corrected chi connectivity index (χ1v) is 18.0. The molecule has 1 aliphatic heterocycles. The Kier molecular flexibility index (Phi) is 7.03. The fourth-order valence-electron chi connectivity index (χ4n) is 8.32. The van der Waals surface area contributed by atoms with E-state index in [1.54, 1.807) is 0 Å². The Morgan fingerprint density at radius 3 is 2.00 bits per heavy atom. The quantitative estimate of drug-likeness (QED) is 0.193. The number of nitrogens with one attached hydrogen (secondary N) is 2. The van der Waals surface area contributed by atoms with E-state index in [9.17, 15) is 0 Å². The van der Waals surface area contributed by atoms with Gasteiger partial charge in [-0.2, -0.15) is 0 Å². The highest BCUT2D eigenvalue weighted by atomic mass is 15.3. The second-order valence-electron chi connectivity index (χ2n) is 14.0. The summed E-state index contributed by atoms with van der Waals surface area (Å²) < 4.78 is 4.89. The molecule has 10 rings (SSSR count). The molecular formula is C47H38N4. The van der Waals surface area contributed by atoms with E-state index in [0.29, 0.717) is 5.92 Å². The lowest BCUT2D eigenvalue weighted by Gasteiger charge is -2.32. The molecule has 0 saturated heterocycles. The summed E-state index contributed by atoms with van der Waals surface area (Å²) in [6.07, 6.45) is 9.94. The molecule has 2 N–H and O–H groups in total. The number of fused-ring (bicyclic) bond motifs is 6. The number of para-hydroxylation sites is 2. The lowest BCUT2D eigenvalue weighted by molar-refractivity contribution is 0.333. The number of nitrogens with zero attached hydrogens (tertiary/aromatic N) is 2. The average molecular weight is 659 g/mol. The molecule has 51 heavy (non-hydrogen) atoms. The highest BCUT2D eigenvalue weighted by molar-refractivity contribution is 6.09. The summed E-state index contributed by atoms with van der Waals surface area (Å²) >= 11 is 0. The molecule has 0 fully saturated rings. The molecule has 3 atom stereocenters. The van der Waals surface area contributed by atoms with Crippen LogP contribution in [0.3, 0.4) is 0 Å². The van der Waals surface area contributed by atoms with Gasteiger partial charge in [-0.3, -0.25) is 5.32 Å². The van der Waals surface area contributed by atoms with E-state index in [4.69, 9.17) is 0 Å². The van der Waals surface area contributed by atoms with Crippen LogP contribution in [0.5, 0.6) is 0 Å². The van der Waals surface area contributed by atoms with Gasteiger partial charge in [-0.05, 0) is 100 Å². The smallest absolute Gasteiger partial charge is 0.160 e. The van der Waals surface area contributed by atoms with Gasteiger partial charge in [0.1, 0.15) is 0 Å². The van der Waals surface area contributed by atoms with Gasteiger partial charge in [-0.15, -0.1) is 0 Å². The van der Waals surface area contributed by atoms with Crippen molar-refractivity contribution in [3.05, 3.63) is 181 Å². The summed E-state index contributed by atoms with van der Waals surface area (Å²) in [5.74, 6) is 0.484. The third kappa shape index (κ3) is 5.02. The first-order valence-electron chi connectivity index (χ1n) is 18.0. The lowest BCUT2D eigenvalue weighted by atomic mass is 9.93. The van der Waals surface area contributed by atoms with Gasteiger partial charge < -0.3 is 14.5 Å². The van der Waals surface area contributed by atoms with Crippen LogP contribution in [0, 0.1) is 5.92 Å². The molecule has 0 amide bonds. The molecule has 246 valence electrons. The minimum absolute atomic E-state index is 0.0521. The highest BCUT2D eigenvalue weighted by Crippen LogP contribution is 2.39. The van der Waals surface area contributed by atoms with Crippen LogP contribution >= 0.6 is 0 Å². The molecule has 0 spiro atoms. The van der Waals surface area contributed by atoms with Crippen LogP contribution in [-0.4, -0.2) is 9.13 Å². The van der Waals surface area contributed by atoms with Gasteiger partial charge in [0.05, 0.1) is 22.6 Å². The van der Waals surface area contributed by atoms with Gasteiger partial charge in [-0.25, -0.2) is 0 Å². The predicted molar refractivity (Wildman–Crippen MR) is 213 cm³/mol. The van der Waals surface area contributed by atoms with Gasteiger partial charge in [0.25, 0.3) is 0 Å². The van der Waals surface area contributed by atoms with Gasteiger partial charge in [0, 0.05) is 27.5 Å². The maximum absolute atomic E-state index is 3.95. The molecule has 3 heterocycles. The van der Waals surface area contributed by atoms with Crippen molar-refractivity contribution < 1.29 is 0 Å². The van der Waals surface area contributed by atoms with Crippen LogP contribution < -0.4 is 10.6 Å². The molecule has 4 heteroatoms. The second kappa shape index (κ2) is 12.0. The summed E-state index contributed by atoms with van der Waals surface area (Å²) in [4.78, 5) is 0. The molecule has 0 bridgehead atoms. The molecular weight excluding hydrogens is 621 g/mol. The largest absolute Gasteiger partial charge is 0.359 e. The Morgan fingerprint density at radius 1 is 0.569 bits per heavy atom. The maximum Gasteiger partial charge on any atom is 0.160 e. The number of benzene rings is 6. The Hall–Kier alpha value is -6.10. The lowest BCUT2D eigenvalue weighted by Crippen LogP contribution is -2.41. The monoisotopic (exact) mass is 658 g/mol. The van der Waals surface area contributed by atoms with Crippen LogP contribution in [0.1, 0.15) is 36.1 Å². The topological polar surface area (TPSA) is 33.9 Å². The molecule has 1 aliphatic carbocycles. The third-order valence-corrected chi connectivity index (χ3v) is 10.8. The molecule has 3 unspecified atom stereocenters. The van der Waals surface area contributed by atoms with E-state index in [2.05, 4.69) is 197 Å². The maximum atomic E-state index is 3.95. The zero-order chi connectivity index (χ0) is 33.9. The van der Waals surface area contributed by atoms with E-state index in [-0.39, 0.29) is 12.3 Å². The van der Waals surface area contributed by atoms with E-state index in [0.717, 1.165) is 6.42 Å². The average Bonchev–Trinajstić information content (AvgIpc) is 3.70. The number of rotatable bonds is 5. The Bertz CT molecular complexity index is 2580. The first-order chi connectivity index (χ1) is 25.2. The zero-order valence-electron chi connectivity index (χ0n) is 28.5. The van der Waals surface area contributed by atoms with Gasteiger partial charge in [-0.1, -0.05) is 122 Å². The minimum Gasteiger partial charge on any atom is -0.359 e. The normalized spacial score (nSPS) is 18.3. The fourth-order valence-corrected chi connectivity index (χ4v) is 8.32. The van der Waals surface area contributed by atoms with Gasteiger partial charge >= 0.3 is 0 Å². The summed E-state index contributed by atoms with van der Waals surface area (Å²) in [7, 11) is 0. The molecule has 8 aromatic rings. The Labute approximate surface area is 298 Å². The van der Waals surface area contributed by atoms with Crippen molar-refractivity contribution in [1.29, 1.82) is 0 Å². The fraction of sp³-hybridized carbons (Fsp3) is 0.106. The molecule has 2 aromatic heterocycles. The Morgan fingerprint density at radius 2 is 1.24 bits per heavy atom. The van der Waals surface area contributed by atoms with Crippen LogP contribution in [0.2, 0.25) is 0 Å². The predicted octanol–water partition coefficient (Wildman–Crippen LogP) is 11.2. The van der Waals surface area contributed by atoms with Gasteiger partial charge in [0.2, 0.25) is 0 Å². The third-order valence-electron chi connectivity index (χ3n) is 10.8. The van der Waals surface area contributed by atoms with Gasteiger partial charge in [0.15, 0.2) is 6.29 Å². The number of allylic oxidation sites excluding steroid dienone is 1. The van der Waals surface area contributed by atoms with Crippen molar-refractivity contribution in [3.8, 4) is 27.9 Å². The van der Waals surface area contributed by atoms with Crippen molar-refractivity contribution >= 4 is 38.8 Å². The molecule has 4 nitrogen and oxygen atoms in total. The molecule has 2 aliphatic rings. The summed E-state index contributed by atoms with van der Waals surface area (Å²) in [6, 6.07) is 53.0.